The molecule has 3 rings (SSSR count). The van der Waals surface area contributed by atoms with Crippen LogP contribution in [-0.2, 0) is 9.53 Å². The third kappa shape index (κ3) is 4.58. The van der Waals surface area contributed by atoms with Crippen LogP contribution in [0.1, 0.15) is 43.2 Å². The highest BCUT2D eigenvalue weighted by atomic mass is 19.2. The lowest BCUT2D eigenvalue weighted by Gasteiger charge is -2.31. The number of hydrogen-bond donors (Lipinski definition) is 1. The second-order valence-electron chi connectivity index (χ2n) is 6.87. The van der Waals surface area contributed by atoms with Crippen LogP contribution in [0.4, 0.5) is 14.5 Å². The van der Waals surface area contributed by atoms with Gasteiger partial charge in [0.1, 0.15) is 11.9 Å². The average Bonchev–Trinajstić information content (AvgIpc) is 3.18. The van der Waals surface area contributed by atoms with Crippen LogP contribution in [0.25, 0.3) is 0 Å². The molecular weight excluding hydrogens is 384 g/mol. The molecule has 1 N–H and O–H groups in total. The molecule has 0 aliphatic carbocycles. The van der Waals surface area contributed by atoms with E-state index in [0.717, 1.165) is 6.07 Å². The fraction of sp³-hybridized carbons (Fsp3) is 0.368. The molecule has 1 aliphatic heterocycles. The zero-order valence-electron chi connectivity index (χ0n) is 16.2. The summed E-state index contributed by atoms with van der Waals surface area (Å²) in [6.45, 7) is 3.25. The fourth-order valence-corrected chi connectivity index (χ4v) is 3.00. The quantitative estimate of drug-likeness (QED) is 0.773. The smallest absolute Gasteiger partial charge is 0.340 e. The van der Waals surface area contributed by atoms with Crippen molar-refractivity contribution in [3.63, 3.8) is 0 Å². The summed E-state index contributed by atoms with van der Waals surface area (Å²) in [6.07, 6.45) is 5.52. The average molecular weight is 405 g/mol. The summed E-state index contributed by atoms with van der Waals surface area (Å²) in [5.41, 5.74) is -0.245. The molecule has 154 valence electrons. The first-order valence-corrected chi connectivity index (χ1v) is 9.05. The largest absolute Gasteiger partial charge is 0.459 e. The zero-order valence-corrected chi connectivity index (χ0v) is 16.2. The zero-order chi connectivity index (χ0) is 21.1. The van der Waals surface area contributed by atoms with E-state index in [0.29, 0.717) is 18.9 Å². The summed E-state index contributed by atoms with van der Waals surface area (Å²) in [4.78, 5) is 28.9. The van der Waals surface area contributed by atoms with Crippen LogP contribution in [0, 0.1) is 11.6 Å². The van der Waals surface area contributed by atoms with Crippen molar-refractivity contribution in [3.05, 3.63) is 48.1 Å². The van der Waals surface area contributed by atoms with Crippen LogP contribution < -0.4 is 5.32 Å². The standard InChI is InChI=1S/C19H21F2N5O3/c1-11(2)29-19(28)12-8-13(20)14(21)9-16(12)23-18(27)15-4-5-17(25(3)24-15)26-7-6-22-10-26/h6-11,17H,4-5H2,1-3H3,(H,23,27). The van der Waals surface area contributed by atoms with Crippen LogP contribution in [0.15, 0.2) is 36.0 Å². The van der Waals surface area contributed by atoms with Crippen molar-refractivity contribution in [2.45, 2.75) is 39.0 Å². The van der Waals surface area contributed by atoms with Crippen molar-refractivity contribution >= 4 is 23.3 Å². The van der Waals surface area contributed by atoms with Gasteiger partial charge in [-0.15, -0.1) is 0 Å². The summed E-state index contributed by atoms with van der Waals surface area (Å²) < 4.78 is 34.3. The molecule has 1 unspecified atom stereocenters. The molecule has 8 nitrogen and oxygen atoms in total. The SMILES string of the molecule is CC(C)OC(=O)c1cc(F)c(F)cc1NC(=O)C1=NN(C)C(n2ccnc2)CC1. The number of esters is 1. The third-order valence-electron chi connectivity index (χ3n) is 4.35. The topological polar surface area (TPSA) is 88.8 Å². The van der Waals surface area contributed by atoms with E-state index in [1.807, 2.05) is 4.57 Å². The number of imidazole rings is 1. The predicted octanol–water partition coefficient (Wildman–Crippen LogP) is 2.95. The van der Waals surface area contributed by atoms with Gasteiger partial charge in [0.15, 0.2) is 11.6 Å². The molecule has 1 aromatic heterocycles. The second-order valence-corrected chi connectivity index (χ2v) is 6.87. The van der Waals surface area contributed by atoms with E-state index in [4.69, 9.17) is 4.74 Å². The minimum atomic E-state index is -1.21. The molecule has 0 fully saturated rings. The van der Waals surface area contributed by atoms with Gasteiger partial charge in [0.2, 0.25) is 0 Å². The van der Waals surface area contributed by atoms with E-state index >= 15 is 0 Å². The van der Waals surface area contributed by atoms with Crippen molar-refractivity contribution < 1.29 is 23.1 Å². The Balaban J connectivity index is 1.81. The molecule has 0 saturated heterocycles. The van der Waals surface area contributed by atoms with Gasteiger partial charge in [0.05, 0.1) is 23.7 Å². The lowest BCUT2D eigenvalue weighted by molar-refractivity contribution is -0.110. The Bertz CT molecular complexity index is 944. The number of nitrogens with one attached hydrogen (secondary N) is 1. The molecule has 0 spiro atoms. The summed E-state index contributed by atoms with van der Waals surface area (Å²) >= 11 is 0. The van der Waals surface area contributed by atoms with Crippen molar-refractivity contribution in [3.8, 4) is 0 Å². The molecule has 2 heterocycles. The Kier molecular flexibility index (Phi) is 5.90. The van der Waals surface area contributed by atoms with Crippen LogP contribution in [-0.4, -0.2) is 45.3 Å². The molecule has 2 aromatic rings. The first kappa shape index (κ1) is 20.4. The maximum atomic E-state index is 13.7. The Labute approximate surface area is 166 Å². The monoisotopic (exact) mass is 405 g/mol. The van der Waals surface area contributed by atoms with Gasteiger partial charge in [0, 0.05) is 31.9 Å². The van der Waals surface area contributed by atoms with Gasteiger partial charge in [-0.25, -0.2) is 18.6 Å². The number of anilines is 1. The van der Waals surface area contributed by atoms with Crippen molar-refractivity contribution in [2.75, 3.05) is 12.4 Å². The number of rotatable bonds is 5. The van der Waals surface area contributed by atoms with E-state index in [1.54, 1.807) is 44.6 Å². The fourth-order valence-electron chi connectivity index (χ4n) is 3.00. The number of hydrogen-bond acceptors (Lipinski definition) is 6. The van der Waals surface area contributed by atoms with Gasteiger partial charge in [0.25, 0.3) is 5.91 Å². The lowest BCUT2D eigenvalue weighted by atomic mass is 10.1. The number of hydrazone groups is 1. The number of aromatic nitrogens is 2. The molecule has 1 aliphatic rings. The van der Waals surface area contributed by atoms with Gasteiger partial charge >= 0.3 is 5.97 Å². The Morgan fingerprint density at radius 1 is 1.28 bits per heavy atom. The Morgan fingerprint density at radius 3 is 2.62 bits per heavy atom. The highest BCUT2D eigenvalue weighted by Gasteiger charge is 2.27. The summed E-state index contributed by atoms with van der Waals surface area (Å²) in [6, 6.07) is 1.46. The van der Waals surface area contributed by atoms with Gasteiger partial charge in [-0.05, 0) is 26.3 Å². The third-order valence-corrected chi connectivity index (χ3v) is 4.35. The van der Waals surface area contributed by atoms with Crippen molar-refractivity contribution in [1.82, 2.24) is 14.6 Å². The molecule has 1 atom stereocenters. The first-order chi connectivity index (χ1) is 13.8. The van der Waals surface area contributed by atoms with Crippen molar-refractivity contribution in [2.24, 2.45) is 5.10 Å². The molecule has 0 saturated carbocycles. The summed E-state index contributed by atoms with van der Waals surface area (Å²) in [5.74, 6) is -3.87. The number of carbonyl (C=O) groups excluding carboxylic acids is 2. The molecule has 10 heteroatoms. The van der Waals surface area contributed by atoms with Crippen LogP contribution in [0.3, 0.4) is 0 Å². The molecule has 1 amide bonds. The Morgan fingerprint density at radius 2 is 2.00 bits per heavy atom. The number of carbonyl (C=O) groups is 2. The highest BCUT2D eigenvalue weighted by molar-refractivity contribution is 6.43. The van der Waals surface area contributed by atoms with E-state index in [1.165, 1.54) is 0 Å². The van der Waals surface area contributed by atoms with Crippen LogP contribution >= 0.6 is 0 Å². The second kappa shape index (κ2) is 8.38. The van der Waals surface area contributed by atoms with E-state index in [-0.39, 0.29) is 23.1 Å². The molecular formula is C19H21F2N5O3. The number of nitrogens with zero attached hydrogens (tertiary/aromatic N) is 4. The van der Waals surface area contributed by atoms with Gasteiger partial charge < -0.3 is 14.6 Å². The number of benzene rings is 1. The van der Waals surface area contributed by atoms with E-state index in [2.05, 4.69) is 15.4 Å². The minimum Gasteiger partial charge on any atom is -0.459 e. The van der Waals surface area contributed by atoms with E-state index in [9.17, 15) is 18.4 Å². The van der Waals surface area contributed by atoms with E-state index < -0.39 is 29.6 Å². The number of halogens is 2. The maximum absolute atomic E-state index is 13.7. The summed E-state index contributed by atoms with van der Waals surface area (Å²) in [5, 5.41) is 8.36. The number of ether oxygens (including phenoxy) is 1. The maximum Gasteiger partial charge on any atom is 0.340 e. The Hall–Kier alpha value is -3.30. The van der Waals surface area contributed by atoms with Crippen molar-refractivity contribution in [1.29, 1.82) is 0 Å². The lowest BCUT2D eigenvalue weighted by Crippen LogP contribution is -2.35. The highest BCUT2D eigenvalue weighted by Crippen LogP contribution is 2.25. The van der Waals surface area contributed by atoms with Crippen LogP contribution in [0.5, 0.6) is 0 Å². The molecule has 0 bridgehead atoms. The van der Waals surface area contributed by atoms with Gasteiger partial charge in [-0.3, -0.25) is 9.80 Å². The predicted molar refractivity (Wildman–Crippen MR) is 101 cm³/mol. The molecule has 0 radical (unpaired) electrons. The minimum absolute atomic E-state index is 0.0890. The number of amides is 1. The van der Waals surface area contributed by atoms with Gasteiger partial charge in [-0.2, -0.15) is 5.10 Å². The molecule has 29 heavy (non-hydrogen) atoms. The van der Waals surface area contributed by atoms with Crippen LogP contribution in [0.2, 0.25) is 0 Å². The molecule has 1 aromatic carbocycles. The normalized spacial score (nSPS) is 16.6. The summed E-state index contributed by atoms with van der Waals surface area (Å²) in [7, 11) is 1.72. The first-order valence-electron chi connectivity index (χ1n) is 9.05. The van der Waals surface area contributed by atoms with Gasteiger partial charge in [-0.1, -0.05) is 0 Å².